The van der Waals surface area contributed by atoms with E-state index in [4.69, 9.17) is 21.4 Å². The summed E-state index contributed by atoms with van der Waals surface area (Å²) < 4.78 is 5.50. The van der Waals surface area contributed by atoms with E-state index in [-0.39, 0.29) is 5.54 Å². The van der Waals surface area contributed by atoms with Gasteiger partial charge in [0.25, 0.3) is 0 Å². The fourth-order valence-electron chi connectivity index (χ4n) is 1.77. The molecule has 1 aromatic carbocycles. The minimum Gasteiger partial charge on any atom is -0.479 e. The molecule has 21 heavy (non-hydrogen) atoms. The van der Waals surface area contributed by atoms with Gasteiger partial charge in [-0.15, -0.1) is 0 Å². The molecule has 0 spiro atoms. The number of hydrogen-bond acceptors (Lipinski definition) is 3. The number of halogens is 1. The lowest BCUT2D eigenvalue weighted by Crippen LogP contribution is -2.35. The largest absolute Gasteiger partial charge is 0.479 e. The van der Waals surface area contributed by atoms with Gasteiger partial charge in [-0.05, 0) is 44.9 Å². The van der Waals surface area contributed by atoms with Crippen LogP contribution in [0.3, 0.4) is 0 Å². The molecule has 118 valence electrons. The number of carbonyl (C=O) groups is 1. The van der Waals surface area contributed by atoms with Crippen molar-refractivity contribution in [2.45, 2.75) is 58.7 Å². The Labute approximate surface area is 131 Å². The standard InChI is InChI=1S/C16H24ClNO3/c1-5-6-14(15(19)20)21-13-8-7-11(9-12(13)17)10-18-16(2,3)4/h7-9,14,18H,5-6,10H2,1-4H3,(H,19,20). The van der Waals surface area contributed by atoms with Crippen LogP contribution in [0.4, 0.5) is 0 Å². The number of benzene rings is 1. The predicted molar refractivity (Wildman–Crippen MR) is 85.0 cm³/mol. The molecule has 0 aromatic heterocycles. The zero-order valence-corrected chi connectivity index (χ0v) is 13.8. The average Bonchev–Trinajstić information content (AvgIpc) is 2.37. The maximum absolute atomic E-state index is 11.1. The molecule has 0 aliphatic rings. The molecule has 1 rings (SSSR count). The van der Waals surface area contributed by atoms with Crippen molar-refractivity contribution in [1.29, 1.82) is 0 Å². The van der Waals surface area contributed by atoms with Crippen LogP contribution in [0.15, 0.2) is 18.2 Å². The Balaban J connectivity index is 2.75. The molecule has 0 bridgehead atoms. The second kappa shape index (κ2) is 7.66. The Morgan fingerprint density at radius 3 is 2.57 bits per heavy atom. The minimum atomic E-state index is -0.966. The first-order valence-corrected chi connectivity index (χ1v) is 7.53. The fourth-order valence-corrected chi connectivity index (χ4v) is 2.01. The van der Waals surface area contributed by atoms with Crippen LogP contribution in [0.5, 0.6) is 5.75 Å². The third-order valence-electron chi connectivity index (χ3n) is 2.91. The van der Waals surface area contributed by atoms with E-state index < -0.39 is 12.1 Å². The topological polar surface area (TPSA) is 58.6 Å². The quantitative estimate of drug-likeness (QED) is 0.802. The number of rotatable bonds is 7. The first-order valence-electron chi connectivity index (χ1n) is 7.16. The summed E-state index contributed by atoms with van der Waals surface area (Å²) in [6, 6.07) is 5.43. The van der Waals surface area contributed by atoms with Crippen molar-refractivity contribution in [2.24, 2.45) is 0 Å². The van der Waals surface area contributed by atoms with Crippen molar-refractivity contribution >= 4 is 17.6 Å². The Morgan fingerprint density at radius 2 is 2.10 bits per heavy atom. The molecule has 2 N–H and O–H groups in total. The molecule has 0 saturated carbocycles. The summed E-state index contributed by atoms with van der Waals surface area (Å²) in [4.78, 5) is 11.1. The molecule has 4 nitrogen and oxygen atoms in total. The summed E-state index contributed by atoms with van der Waals surface area (Å²) in [7, 11) is 0. The van der Waals surface area contributed by atoms with Gasteiger partial charge in [-0.3, -0.25) is 0 Å². The minimum absolute atomic E-state index is 0.0250. The lowest BCUT2D eigenvalue weighted by molar-refractivity contribution is -0.145. The average molecular weight is 314 g/mol. The second-order valence-electron chi connectivity index (χ2n) is 6.10. The maximum atomic E-state index is 11.1. The summed E-state index contributed by atoms with van der Waals surface area (Å²) in [5, 5.41) is 12.9. The third kappa shape index (κ3) is 6.36. The molecule has 5 heteroatoms. The number of nitrogens with one attached hydrogen (secondary N) is 1. The second-order valence-corrected chi connectivity index (χ2v) is 6.51. The smallest absolute Gasteiger partial charge is 0.344 e. The van der Waals surface area contributed by atoms with Crippen molar-refractivity contribution in [3.05, 3.63) is 28.8 Å². The first-order chi connectivity index (χ1) is 9.73. The van der Waals surface area contributed by atoms with Gasteiger partial charge in [0.05, 0.1) is 5.02 Å². The van der Waals surface area contributed by atoms with E-state index in [1.165, 1.54) is 0 Å². The molecule has 0 heterocycles. The van der Waals surface area contributed by atoms with Crippen LogP contribution in [0.2, 0.25) is 5.02 Å². The lowest BCUT2D eigenvalue weighted by Gasteiger charge is -2.21. The Hall–Kier alpha value is -1.26. The monoisotopic (exact) mass is 313 g/mol. The highest BCUT2D eigenvalue weighted by Crippen LogP contribution is 2.27. The Kier molecular flexibility index (Phi) is 6.49. The number of carboxylic acids is 1. The van der Waals surface area contributed by atoms with Gasteiger partial charge in [0, 0.05) is 12.1 Å². The molecule has 1 atom stereocenters. The van der Waals surface area contributed by atoms with Gasteiger partial charge in [0.2, 0.25) is 0 Å². The van der Waals surface area contributed by atoms with E-state index in [1.54, 1.807) is 12.1 Å². The fraction of sp³-hybridized carbons (Fsp3) is 0.562. The Bertz CT molecular complexity index is 483. The van der Waals surface area contributed by atoms with Gasteiger partial charge in [-0.1, -0.05) is 31.0 Å². The number of hydrogen-bond donors (Lipinski definition) is 2. The molecule has 0 aliphatic heterocycles. The number of carboxylic acid groups (broad SMARTS) is 1. The van der Waals surface area contributed by atoms with Crippen LogP contribution in [0, 0.1) is 0 Å². The van der Waals surface area contributed by atoms with Crippen LogP contribution < -0.4 is 10.1 Å². The van der Waals surface area contributed by atoms with Crippen LogP contribution in [0.25, 0.3) is 0 Å². The molecule has 0 amide bonds. The Morgan fingerprint density at radius 1 is 1.43 bits per heavy atom. The van der Waals surface area contributed by atoms with E-state index in [9.17, 15) is 4.79 Å². The zero-order valence-electron chi connectivity index (χ0n) is 13.1. The van der Waals surface area contributed by atoms with E-state index in [0.29, 0.717) is 23.7 Å². The van der Waals surface area contributed by atoms with E-state index in [1.807, 2.05) is 13.0 Å². The van der Waals surface area contributed by atoms with Crippen LogP contribution in [-0.2, 0) is 11.3 Å². The van der Waals surface area contributed by atoms with Crippen LogP contribution in [-0.4, -0.2) is 22.7 Å². The SMILES string of the molecule is CCCC(Oc1ccc(CNC(C)(C)C)cc1Cl)C(=O)O. The van der Waals surface area contributed by atoms with Crippen molar-refractivity contribution in [3.63, 3.8) is 0 Å². The summed E-state index contributed by atoms with van der Waals surface area (Å²) in [6.45, 7) is 8.89. The summed E-state index contributed by atoms with van der Waals surface area (Å²) in [6.07, 6.45) is 0.340. The van der Waals surface area contributed by atoms with Crippen molar-refractivity contribution in [2.75, 3.05) is 0 Å². The van der Waals surface area contributed by atoms with E-state index in [0.717, 1.165) is 12.0 Å². The van der Waals surface area contributed by atoms with Gasteiger partial charge in [0.1, 0.15) is 5.75 Å². The maximum Gasteiger partial charge on any atom is 0.344 e. The normalized spacial score (nSPS) is 13.0. The van der Waals surface area contributed by atoms with Crippen molar-refractivity contribution in [3.8, 4) is 5.75 Å². The zero-order chi connectivity index (χ0) is 16.0. The summed E-state index contributed by atoms with van der Waals surface area (Å²) in [5.74, 6) is -0.552. The molecule has 1 unspecified atom stereocenters. The molecule has 0 aliphatic carbocycles. The summed E-state index contributed by atoms with van der Waals surface area (Å²) in [5.41, 5.74) is 1.06. The highest BCUT2D eigenvalue weighted by atomic mass is 35.5. The third-order valence-corrected chi connectivity index (χ3v) is 3.21. The molecular formula is C16H24ClNO3. The van der Waals surface area contributed by atoms with Gasteiger partial charge >= 0.3 is 5.97 Å². The van der Waals surface area contributed by atoms with Gasteiger partial charge in [-0.2, -0.15) is 0 Å². The lowest BCUT2D eigenvalue weighted by atomic mass is 10.1. The van der Waals surface area contributed by atoms with Gasteiger partial charge in [-0.25, -0.2) is 4.79 Å². The van der Waals surface area contributed by atoms with E-state index in [2.05, 4.69) is 26.1 Å². The number of aliphatic carboxylic acids is 1. The molecular weight excluding hydrogens is 290 g/mol. The van der Waals surface area contributed by atoms with Crippen LogP contribution in [0.1, 0.15) is 46.1 Å². The van der Waals surface area contributed by atoms with E-state index >= 15 is 0 Å². The highest BCUT2D eigenvalue weighted by molar-refractivity contribution is 6.32. The van der Waals surface area contributed by atoms with Crippen molar-refractivity contribution < 1.29 is 14.6 Å². The first kappa shape index (κ1) is 17.8. The molecule has 0 fully saturated rings. The van der Waals surface area contributed by atoms with Gasteiger partial charge < -0.3 is 15.2 Å². The van der Waals surface area contributed by atoms with Crippen molar-refractivity contribution in [1.82, 2.24) is 5.32 Å². The van der Waals surface area contributed by atoms with Crippen LogP contribution >= 0.6 is 11.6 Å². The molecule has 1 aromatic rings. The predicted octanol–water partition coefficient (Wildman–Crippen LogP) is 3.86. The van der Waals surface area contributed by atoms with Gasteiger partial charge in [0.15, 0.2) is 6.10 Å². The number of ether oxygens (including phenoxy) is 1. The molecule has 0 radical (unpaired) electrons. The highest BCUT2D eigenvalue weighted by Gasteiger charge is 2.19. The summed E-state index contributed by atoms with van der Waals surface area (Å²) >= 11 is 6.18. The molecule has 0 saturated heterocycles.